The van der Waals surface area contributed by atoms with Gasteiger partial charge in [0.15, 0.2) is 0 Å². The summed E-state index contributed by atoms with van der Waals surface area (Å²) in [7, 11) is 1.58. The van der Waals surface area contributed by atoms with Crippen LogP contribution < -0.4 is 5.73 Å². The van der Waals surface area contributed by atoms with Gasteiger partial charge < -0.3 is 15.4 Å². The van der Waals surface area contributed by atoms with Gasteiger partial charge in [-0.25, -0.2) is 0 Å². The van der Waals surface area contributed by atoms with Gasteiger partial charge in [0.05, 0.1) is 6.61 Å². The van der Waals surface area contributed by atoms with Crippen molar-refractivity contribution in [2.24, 2.45) is 5.73 Å². The van der Waals surface area contributed by atoms with E-state index in [9.17, 15) is 4.79 Å². The third-order valence-electron chi connectivity index (χ3n) is 4.17. The number of ether oxygens (including phenoxy) is 1. The van der Waals surface area contributed by atoms with E-state index in [0.717, 1.165) is 32.2 Å². The van der Waals surface area contributed by atoms with E-state index in [-0.39, 0.29) is 31.0 Å². The zero-order valence-electron chi connectivity index (χ0n) is 13.5. The highest BCUT2D eigenvalue weighted by Gasteiger charge is 2.29. The van der Waals surface area contributed by atoms with Gasteiger partial charge in [0, 0.05) is 19.7 Å². The van der Waals surface area contributed by atoms with Crippen molar-refractivity contribution < 1.29 is 9.53 Å². The normalized spacial score (nSPS) is 18.0. The SMILES string of the molecule is CCCN(C(=O)C(N)COC)C1CCc2ccccc2C1.Cl. The third-order valence-corrected chi connectivity index (χ3v) is 4.17. The van der Waals surface area contributed by atoms with Crippen LogP contribution in [0.4, 0.5) is 0 Å². The molecular weight excluding hydrogens is 300 g/mol. The van der Waals surface area contributed by atoms with Crippen LogP contribution in [0, 0.1) is 0 Å². The van der Waals surface area contributed by atoms with Crippen molar-refractivity contribution in [2.75, 3.05) is 20.3 Å². The summed E-state index contributed by atoms with van der Waals surface area (Å²) in [6, 6.07) is 8.22. The number of amides is 1. The van der Waals surface area contributed by atoms with E-state index in [4.69, 9.17) is 10.5 Å². The molecule has 1 aliphatic carbocycles. The van der Waals surface area contributed by atoms with Crippen molar-refractivity contribution in [3.8, 4) is 0 Å². The van der Waals surface area contributed by atoms with Gasteiger partial charge in [-0.3, -0.25) is 4.79 Å². The van der Waals surface area contributed by atoms with E-state index in [2.05, 4.69) is 31.2 Å². The molecule has 2 rings (SSSR count). The van der Waals surface area contributed by atoms with E-state index in [1.807, 2.05) is 4.90 Å². The molecule has 0 radical (unpaired) electrons. The molecule has 0 fully saturated rings. The number of hydrogen-bond acceptors (Lipinski definition) is 3. The molecule has 4 nitrogen and oxygen atoms in total. The Bertz CT molecular complexity index is 481. The lowest BCUT2D eigenvalue weighted by atomic mass is 9.87. The average Bonchev–Trinajstić information content (AvgIpc) is 2.51. The molecule has 0 bridgehead atoms. The van der Waals surface area contributed by atoms with Crippen molar-refractivity contribution in [3.05, 3.63) is 35.4 Å². The fourth-order valence-corrected chi connectivity index (χ4v) is 3.12. The van der Waals surface area contributed by atoms with Gasteiger partial charge >= 0.3 is 0 Å². The molecule has 0 aromatic heterocycles. The number of nitrogens with two attached hydrogens (primary N) is 1. The van der Waals surface area contributed by atoms with Crippen LogP contribution in [0.15, 0.2) is 24.3 Å². The second-order valence-corrected chi connectivity index (χ2v) is 5.76. The van der Waals surface area contributed by atoms with Gasteiger partial charge in [0.2, 0.25) is 5.91 Å². The second-order valence-electron chi connectivity index (χ2n) is 5.76. The lowest BCUT2D eigenvalue weighted by Crippen LogP contribution is -2.52. The maximum Gasteiger partial charge on any atom is 0.242 e. The molecule has 0 aliphatic heterocycles. The van der Waals surface area contributed by atoms with Crippen molar-refractivity contribution in [3.63, 3.8) is 0 Å². The molecule has 124 valence electrons. The molecular formula is C17H27ClN2O2. The smallest absolute Gasteiger partial charge is 0.242 e. The molecule has 2 atom stereocenters. The average molecular weight is 327 g/mol. The highest BCUT2D eigenvalue weighted by atomic mass is 35.5. The van der Waals surface area contributed by atoms with E-state index in [0.29, 0.717) is 0 Å². The fourth-order valence-electron chi connectivity index (χ4n) is 3.12. The molecule has 5 heteroatoms. The van der Waals surface area contributed by atoms with Crippen LogP contribution >= 0.6 is 12.4 Å². The first-order valence-corrected chi connectivity index (χ1v) is 7.79. The number of nitrogens with zero attached hydrogens (tertiary/aromatic N) is 1. The minimum absolute atomic E-state index is 0. The van der Waals surface area contributed by atoms with Gasteiger partial charge in [0.1, 0.15) is 6.04 Å². The number of carbonyl (C=O) groups excluding carboxylic acids is 1. The maximum atomic E-state index is 12.6. The highest BCUT2D eigenvalue weighted by Crippen LogP contribution is 2.25. The van der Waals surface area contributed by atoms with Crippen molar-refractivity contribution in [1.82, 2.24) is 4.90 Å². The van der Waals surface area contributed by atoms with Crippen LogP contribution in [0.2, 0.25) is 0 Å². The van der Waals surface area contributed by atoms with Gasteiger partial charge in [-0.1, -0.05) is 31.2 Å². The molecule has 0 saturated heterocycles. The van der Waals surface area contributed by atoms with Crippen molar-refractivity contribution in [1.29, 1.82) is 0 Å². The number of aryl methyl sites for hydroxylation is 1. The molecule has 2 N–H and O–H groups in total. The predicted octanol–water partition coefficient (Wildman–Crippen LogP) is 2.18. The highest BCUT2D eigenvalue weighted by molar-refractivity contribution is 5.85. The summed E-state index contributed by atoms with van der Waals surface area (Å²) in [5.41, 5.74) is 8.72. The van der Waals surface area contributed by atoms with Crippen LogP contribution in [-0.2, 0) is 22.4 Å². The number of rotatable bonds is 6. The molecule has 0 saturated carbocycles. The zero-order valence-corrected chi connectivity index (χ0v) is 14.3. The van der Waals surface area contributed by atoms with E-state index in [1.165, 1.54) is 11.1 Å². The molecule has 0 heterocycles. The first-order valence-electron chi connectivity index (χ1n) is 7.79. The summed E-state index contributed by atoms with van der Waals surface area (Å²) in [6.45, 7) is 3.14. The molecule has 22 heavy (non-hydrogen) atoms. The number of fused-ring (bicyclic) bond motifs is 1. The Kier molecular flexibility index (Phi) is 7.87. The molecule has 1 aromatic rings. The van der Waals surface area contributed by atoms with Gasteiger partial charge in [-0.05, 0) is 36.8 Å². The Labute approximate surface area is 139 Å². The topological polar surface area (TPSA) is 55.6 Å². The van der Waals surface area contributed by atoms with Gasteiger partial charge in [-0.15, -0.1) is 12.4 Å². The van der Waals surface area contributed by atoms with Gasteiger partial charge in [-0.2, -0.15) is 0 Å². The van der Waals surface area contributed by atoms with Crippen molar-refractivity contribution in [2.45, 2.75) is 44.7 Å². The van der Waals surface area contributed by atoms with E-state index >= 15 is 0 Å². The summed E-state index contributed by atoms with van der Waals surface area (Å²) in [5.74, 6) is 0.0167. The first-order chi connectivity index (χ1) is 10.2. The standard InChI is InChI=1S/C17H26N2O2.ClH/c1-3-10-19(17(20)16(18)12-21-2)15-9-8-13-6-4-5-7-14(13)11-15;/h4-7,15-16H,3,8-12,18H2,1-2H3;1H. The third kappa shape index (κ3) is 4.45. The van der Waals surface area contributed by atoms with Crippen LogP contribution in [0.3, 0.4) is 0 Å². The van der Waals surface area contributed by atoms with Crippen LogP contribution in [0.1, 0.15) is 30.9 Å². The lowest BCUT2D eigenvalue weighted by molar-refractivity contribution is -0.136. The summed E-state index contributed by atoms with van der Waals surface area (Å²) < 4.78 is 5.02. The lowest BCUT2D eigenvalue weighted by Gasteiger charge is -2.36. The number of methoxy groups -OCH3 is 1. The number of halogens is 1. The second kappa shape index (κ2) is 9.13. The summed E-state index contributed by atoms with van der Waals surface area (Å²) >= 11 is 0. The number of benzene rings is 1. The summed E-state index contributed by atoms with van der Waals surface area (Å²) in [6.07, 6.45) is 3.93. The first kappa shape index (κ1) is 18.9. The largest absolute Gasteiger partial charge is 0.383 e. The number of hydrogen-bond donors (Lipinski definition) is 1. The zero-order chi connectivity index (χ0) is 15.2. The molecule has 1 amide bonds. The fraction of sp³-hybridized carbons (Fsp3) is 0.588. The number of carbonyl (C=O) groups is 1. The predicted molar refractivity (Wildman–Crippen MR) is 91.4 cm³/mol. The van der Waals surface area contributed by atoms with Crippen LogP contribution in [0.25, 0.3) is 0 Å². The van der Waals surface area contributed by atoms with E-state index < -0.39 is 6.04 Å². The minimum Gasteiger partial charge on any atom is -0.383 e. The molecule has 0 spiro atoms. The quantitative estimate of drug-likeness (QED) is 0.871. The Hall–Kier alpha value is -1.10. The maximum absolute atomic E-state index is 12.6. The minimum atomic E-state index is -0.557. The summed E-state index contributed by atoms with van der Waals surface area (Å²) in [4.78, 5) is 14.5. The van der Waals surface area contributed by atoms with Gasteiger partial charge in [0.25, 0.3) is 0 Å². The molecule has 1 aromatic carbocycles. The summed E-state index contributed by atoms with van der Waals surface area (Å²) in [5, 5.41) is 0. The van der Waals surface area contributed by atoms with Crippen molar-refractivity contribution >= 4 is 18.3 Å². The Morgan fingerprint density at radius 3 is 2.73 bits per heavy atom. The Balaban J connectivity index is 0.00000242. The van der Waals surface area contributed by atoms with Crippen LogP contribution in [0.5, 0.6) is 0 Å². The molecule has 2 unspecified atom stereocenters. The Morgan fingerprint density at radius 1 is 1.41 bits per heavy atom. The van der Waals surface area contributed by atoms with E-state index in [1.54, 1.807) is 7.11 Å². The monoisotopic (exact) mass is 326 g/mol. The Morgan fingerprint density at radius 2 is 2.09 bits per heavy atom. The molecule has 1 aliphatic rings. The van der Waals surface area contributed by atoms with Crippen LogP contribution in [-0.4, -0.2) is 43.2 Å².